The molecule has 0 saturated heterocycles. The number of ether oxygens (including phenoxy) is 1. The zero-order valence-electron chi connectivity index (χ0n) is 16.0. The highest BCUT2D eigenvalue weighted by Gasteiger charge is 2.16. The number of amides is 1. The van der Waals surface area contributed by atoms with Crippen molar-refractivity contribution in [2.45, 2.75) is 26.2 Å². The molecular weight excluding hydrogens is 410 g/mol. The Labute approximate surface area is 168 Å². The number of hydrogen-bond donors (Lipinski definition) is 5. The predicted octanol–water partition coefficient (Wildman–Crippen LogP) is 0.891. The lowest BCUT2D eigenvalue weighted by Gasteiger charge is -2.14. The van der Waals surface area contributed by atoms with Crippen molar-refractivity contribution in [1.82, 2.24) is 5.32 Å². The molecule has 164 valence electrons. The lowest BCUT2D eigenvalue weighted by atomic mass is 9.91. The van der Waals surface area contributed by atoms with E-state index in [0.717, 1.165) is 42.7 Å². The quantitative estimate of drug-likeness (QED) is 0.259. The van der Waals surface area contributed by atoms with E-state index in [9.17, 15) is 9.59 Å². The van der Waals surface area contributed by atoms with Crippen LogP contribution in [0.25, 0.3) is 0 Å². The number of rotatable bonds is 3. The van der Waals surface area contributed by atoms with Gasteiger partial charge in [-0.05, 0) is 42.7 Å². The first-order chi connectivity index (χ1) is 13.3. The summed E-state index contributed by atoms with van der Waals surface area (Å²) in [5.41, 5.74) is 2.02. The summed E-state index contributed by atoms with van der Waals surface area (Å²) in [6.45, 7) is 3.91. The molecule has 1 aliphatic carbocycles. The fraction of sp³-hybridized carbons (Fsp3) is 0.353. The number of aliphatic hydroxyl groups excluding tert-OH is 1. The van der Waals surface area contributed by atoms with Gasteiger partial charge in [0.1, 0.15) is 12.5 Å². The SMILES string of the molecule is C=CC(=O)NCO.CC(=O)O.COc1ccc2c(c1)CCCC2=O.O=S(=O)(O)O. The molecule has 1 amide bonds. The molecule has 29 heavy (non-hydrogen) atoms. The topological polar surface area (TPSA) is 188 Å². The van der Waals surface area contributed by atoms with E-state index in [-0.39, 0.29) is 18.4 Å². The minimum Gasteiger partial charge on any atom is -0.497 e. The number of Topliss-reactive ketones (excluding diaryl/α,β-unsaturated/α-hetero) is 1. The third kappa shape index (κ3) is 18.3. The molecule has 1 aromatic rings. The summed E-state index contributed by atoms with van der Waals surface area (Å²) in [4.78, 5) is 30.5. The molecule has 12 heteroatoms. The molecule has 0 radical (unpaired) electrons. The van der Waals surface area contributed by atoms with Crippen LogP contribution in [-0.2, 0) is 26.4 Å². The zero-order valence-corrected chi connectivity index (χ0v) is 16.8. The van der Waals surface area contributed by atoms with E-state index in [1.54, 1.807) is 7.11 Å². The highest BCUT2D eigenvalue weighted by atomic mass is 32.3. The first kappa shape index (κ1) is 28.4. The predicted molar refractivity (Wildman–Crippen MR) is 103 cm³/mol. The second-order valence-electron chi connectivity index (χ2n) is 5.17. The average Bonchev–Trinajstić information content (AvgIpc) is 2.60. The maximum atomic E-state index is 11.4. The van der Waals surface area contributed by atoms with Crippen molar-refractivity contribution in [3.63, 3.8) is 0 Å². The number of ketones is 1. The first-order valence-electron chi connectivity index (χ1n) is 7.96. The molecule has 1 aromatic carbocycles. The van der Waals surface area contributed by atoms with E-state index in [0.29, 0.717) is 6.42 Å². The van der Waals surface area contributed by atoms with Crippen LogP contribution >= 0.6 is 0 Å². The molecule has 0 heterocycles. The Morgan fingerprint density at radius 2 is 1.79 bits per heavy atom. The molecule has 0 atom stereocenters. The van der Waals surface area contributed by atoms with Crippen LogP contribution in [0.1, 0.15) is 35.7 Å². The number of methoxy groups -OCH3 is 1. The second kappa shape index (κ2) is 15.2. The minimum absolute atomic E-state index is 0.268. The summed E-state index contributed by atoms with van der Waals surface area (Å²) >= 11 is 0. The molecule has 11 nitrogen and oxygen atoms in total. The number of aliphatic hydroxyl groups is 1. The molecule has 0 aliphatic heterocycles. The molecule has 5 N–H and O–H groups in total. The van der Waals surface area contributed by atoms with Gasteiger partial charge in [0.2, 0.25) is 5.91 Å². The minimum atomic E-state index is -4.67. The molecule has 0 bridgehead atoms. The van der Waals surface area contributed by atoms with E-state index >= 15 is 0 Å². The van der Waals surface area contributed by atoms with Gasteiger partial charge in [-0.2, -0.15) is 8.42 Å². The number of carbonyl (C=O) groups excluding carboxylic acids is 2. The summed E-state index contributed by atoms with van der Waals surface area (Å²) in [7, 11) is -3.02. The van der Waals surface area contributed by atoms with E-state index in [4.69, 9.17) is 37.3 Å². The van der Waals surface area contributed by atoms with Gasteiger partial charge < -0.3 is 20.3 Å². The zero-order chi connectivity index (χ0) is 23.0. The molecular formula is C17H25NO10S. The van der Waals surface area contributed by atoms with E-state index < -0.39 is 16.4 Å². The maximum Gasteiger partial charge on any atom is 0.394 e. The Bertz CT molecular complexity index is 777. The molecule has 2 rings (SSSR count). The summed E-state index contributed by atoms with van der Waals surface area (Å²) in [6, 6.07) is 5.68. The Morgan fingerprint density at radius 1 is 1.28 bits per heavy atom. The highest BCUT2D eigenvalue weighted by molar-refractivity contribution is 7.79. The fourth-order valence-electron chi connectivity index (χ4n) is 1.90. The normalized spacial score (nSPS) is 11.6. The van der Waals surface area contributed by atoms with Crippen LogP contribution in [0.5, 0.6) is 5.75 Å². The molecule has 0 unspecified atom stereocenters. The Kier molecular flexibility index (Phi) is 14.9. The van der Waals surface area contributed by atoms with Gasteiger partial charge >= 0.3 is 10.4 Å². The first-order valence-corrected chi connectivity index (χ1v) is 9.36. The third-order valence-electron chi connectivity index (χ3n) is 2.90. The second-order valence-corrected chi connectivity index (χ2v) is 6.07. The Hall–Kier alpha value is -2.80. The van der Waals surface area contributed by atoms with Crippen LogP contribution in [-0.4, -0.2) is 59.2 Å². The van der Waals surface area contributed by atoms with Gasteiger partial charge in [-0.1, -0.05) is 6.58 Å². The van der Waals surface area contributed by atoms with Gasteiger partial charge in [-0.25, -0.2) is 0 Å². The van der Waals surface area contributed by atoms with Crippen molar-refractivity contribution in [3.8, 4) is 5.75 Å². The number of aliphatic carboxylic acids is 1. The molecule has 0 spiro atoms. The fourth-order valence-corrected chi connectivity index (χ4v) is 1.90. The van der Waals surface area contributed by atoms with E-state index in [2.05, 4.69) is 11.9 Å². The third-order valence-corrected chi connectivity index (χ3v) is 2.90. The van der Waals surface area contributed by atoms with Gasteiger partial charge in [0.15, 0.2) is 5.78 Å². The number of hydrogen-bond acceptors (Lipinski definition) is 7. The number of nitrogens with one attached hydrogen (secondary N) is 1. The summed E-state index contributed by atoms with van der Waals surface area (Å²) in [5, 5.41) is 17.5. The van der Waals surface area contributed by atoms with E-state index in [1.807, 2.05) is 18.2 Å². The van der Waals surface area contributed by atoms with Gasteiger partial charge in [0.25, 0.3) is 5.97 Å². The van der Waals surface area contributed by atoms with Crippen molar-refractivity contribution >= 4 is 28.1 Å². The lowest BCUT2D eigenvalue weighted by Crippen LogP contribution is -2.20. The number of fused-ring (bicyclic) bond motifs is 1. The highest BCUT2D eigenvalue weighted by Crippen LogP contribution is 2.24. The summed E-state index contributed by atoms with van der Waals surface area (Å²) in [5.74, 6) is -0.0835. The van der Waals surface area contributed by atoms with Gasteiger partial charge in [0.05, 0.1) is 7.11 Å². The van der Waals surface area contributed by atoms with Crippen LogP contribution in [0.3, 0.4) is 0 Å². The molecule has 0 aromatic heterocycles. The average molecular weight is 435 g/mol. The van der Waals surface area contributed by atoms with E-state index in [1.165, 1.54) is 0 Å². The number of carboxylic acids is 1. The van der Waals surface area contributed by atoms with Gasteiger partial charge in [-0.3, -0.25) is 23.5 Å². The number of carboxylic acid groups (broad SMARTS) is 1. The van der Waals surface area contributed by atoms with Gasteiger partial charge in [0, 0.05) is 18.9 Å². The van der Waals surface area contributed by atoms with Crippen molar-refractivity contribution in [3.05, 3.63) is 42.0 Å². The summed E-state index contributed by atoms with van der Waals surface area (Å²) < 4.78 is 36.7. The smallest absolute Gasteiger partial charge is 0.394 e. The number of benzene rings is 1. The van der Waals surface area contributed by atoms with Crippen molar-refractivity contribution in [2.75, 3.05) is 13.8 Å². The molecule has 0 saturated carbocycles. The maximum absolute atomic E-state index is 11.4. The van der Waals surface area contributed by atoms with Crippen LogP contribution in [0, 0.1) is 0 Å². The van der Waals surface area contributed by atoms with Crippen LogP contribution in [0.2, 0.25) is 0 Å². The Morgan fingerprint density at radius 3 is 2.17 bits per heavy atom. The summed E-state index contributed by atoms with van der Waals surface area (Å²) in [6.07, 6.45) is 3.76. The van der Waals surface area contributed by atoms with Gasteiger partial charge in [-0.15, -0.1) is 0 Å². The van der Waals surface area contributed by atoms with Crippen molar-refractivity contribution in [1.29, 1.82) is 0 Å². The van der Waals surface area contributed by atoms with Crippen molar-refractivity contribution < 1.29 is 46.9 Å². The Balaban J connectivity index is 0. The number of aryl methyl sites for hydroxylation is 1. The standard InChI is InChI=1S/C11H12O2.C4H7NO2.C2H4O2.H2O4S/c1-13-9-5-6-10-8(7-9)3-2-4-11(10)12;1-2-4(7)5-3-6;1-2(3)4;1-5(2,3)4/h5-7H,2-4H2,1H3;2,6H,1,3H2,(H,5,7);1H3,(H,3,4);(H2,1,2,3,4). The van der Waals surface area contributed by atoms with Crippen LogP contribution in [0.15, 0.2) is 30.9 Å². The van der Waals surface area contributed by atoms with Crippen molar-refractivity contribution in [2.24, 2.45) is 0 Å². The van der Waals surface area contributed by atoms with Crippen LogP contribution < -0.4 is 10.1 Å². The number of carbonyl (C=O) groups is 3. The monoisotopic (exact) mass is 435 g/mol. The van der Waals surface area contributed by atoms with Crippen LogP contribution in [0.4, 0.5) is 0 Å². The lowest BCUT2D eigenvalue weighted by molar-refractivity contribution is -0.134. The molecule has 1 aliphatic rings. The largest absolute Gasteiger partial charge is 0.497 e. The molecule has 0 fully saturated rings.